The molecule has 1 aromatic rings. The zero-order chi connectivity index (χ0) is 14.3. The lowest BCUT2D eigenvalue weighted by atomic mass is 10.1. The summed E-state index contributed by atoms with van der Waals surface area (Å²) in [4.78, 5) is 11.6. The van der Waals surface area contributed by atoms with E-state index in [1.54, 1.807) is 25.3 Å². The van der Waals surface area contributed by atoms with Gasteiger partial charge in [0.1, 0.15) is 0 Å². The second kappa shape index (κ2) is 7.10. The van der Waals surface area contributed by atoms with Gasteiger partial charge >= 0.3 is 0 Å². The van der Waals surface area contributed by atoms with Crippen LogP contribution in [0.4, 0.5) is 0 Å². The van der Waals surface area contributed by atoms with Crippen LogP contribution in [0.5, 0.6) is 11.5 Å². The number of ether oxygens (including phenoxy) is 2. The molecule has 0 aromatic heterocycles. The maximum absolute atomic E-state index is 11.6. The second-order valence-electron chi connectivity index (χ2n) is 3.73. The number of rotatable bonds is 6. The fourth-order valence-corrected chi connectivity index (χ4v) is 1.46. The summed E-state index contributed by atoms with van der Waals surface area (Å²) in [6, 6.07) is 5.22. The molecule has 0 fully saturated rings. The summed E-state index contributed by atoms with van der Waals surface area (Å²) < 4.78 is 10.2. The molecule has 1 amide bonds. The Bertz CT molecular complexity index is 474. The van der Waals surface area contributed by atoms with Crippen LogP contribution in [-0.4, -0.2) is 37.7 Å². The lowest BCUT2D eigenvalue weighted by Gasteiger charge is -2.09. The Morgan fingerprint density at radius 1 is 1.37 bits per heavy atom. The van der Waals surface area contributed by atoms with Gasteiger partial charge in [0.05, 0.1) is 27.2 Å². The smallest absolute Gasteiger partial charge is 0.224 e. The van der Waals surface area contributed by atoms with Crippen LogP contribution in [0.25, 0.3) is 0 Å². The molecule has 0 aliphatic rings. The van der Waals surface area contributed by atoms with Crippen LogP contribution in [0.3, 0.4) is 0 Å². The summed E-state index contributed by atoms with van der Waals surface area (Å²) in [5.74, 6) is 0.868. The molecular weight excluding hydrogens is 250 g/mol. The minimum Gasteiger partial charge on any atom is -0.493 e. The van der Waals surface area contributed by atoms with E-state index in [-0.39, 0.29) is 24.7 Å². The van der Waals surface area contributed by atoms with E-state index in [9.17, 15) is 4.79 Å². The molecule has 0 heterocycles. The van der Waals surface area contributed by atoms with E-state index < -0.39 is 0 Å². The van der Waals surface area contributed by atoms with Crippen LogP contribution in [0.2, 0.25) is 0 Å². The molecule has 104 valence electrons. The maximum Gasteiger partial charge on any atom is 0.224 e. The zero-order valence-corrected chi connectivity index (χ0v) is 10.8. The van der Waals surface area contributed by atoms with Gasteiger partial charge < -0.3 is 25.7 Å². The maximum atomic E-state index is 11.6. The van der Waals surface area contributed by atoms with Crippen molar-refractivity contribution < 1.29 is 19.5 Å². The van der Waals surface area contributed by atoms with Gasteiger partial charge in [-0.3, -0.25) is 4.79 Å². The van der Waals surface area contributed by atoms with Crippen LogP contribution in [-0.2, 0) is 11.2 Å². The minimum atomic E-state index is -0.237. The quantitative estimate of drug-likeness (QED) is 0.293. The SMILES string of the molecule is COc1ccc(CC(=O)NC/C(N)=N/O)cc1OC. The molecule has 0 aliphatic carbocycles. The lowest BCUT2D eigenvalue weighted by Crippen LogP contribution is -2.34. The van der Waals surface area contributed by atoms with Crippen LogP contribution < -0.4 is 20.5 Å². The number of carbonyl (C=O) groups excluding carboxylic acids is 1. The molecule has 0 radical (unpaired) electrons. The Balaban J connectivity index is 2.64. The molecule has 7 nitrogen and oxygen atoms in total. The highest BCUT2D eigenvalue weighted by molar-refractivity contribution is 5.87. The van der Waals surface area contributed by atoms with Gasteiger partial charge in [0.2, 0.25) is 5.91 Å². The zero-order valence-electron chi connectivity index (χ0n) is 10.8. The fraction of sp³-hybridized carbons (Fsp3) is 0.333. The average molecular weight is 267 g/mol. The molecule has 0 saturated carbocycles. The van der Waals surface area contributed by atoms with Crippen LogP contribution in [0.1, 0.15) is 5.56 Å². The summed E-state index contributed by atoms with van der Waals surface area (Å²) in [5, 5.41) is 13.6. The number of hydrogen-bond acceptors (Lipinski definition) is 5. The van der Waals surface area contributed by atoms with Gasteiger partial charge in [0, 0.05) is 0 Å². The number of hydrogen-bond donors (Lipinski definition) is 3. The summed E-state index contributed by atoms with van der Waals surface area (Å²) >= 11 is 0. The van der Waals surface area contributed by atoms with Crippen molar-refractivity contribution in [3.8, 4) is 11.5 Å². The van der Waals surface area contributed by atoms with Gasteiger partial charge in [0.15, 0.2) is 17.3 Å². The van der Waals surface area contributed by atoms with E-state index in [1.807, 2.05) is 0 Å². The van der Waals surface area contributed by atoms with E-state index in [0.29, 0.717) is 11.5 Å². The number of methoxy groups -OCH3 is 2. The molecule has 0 aliphatic heterocycles. The third kappa shape index (κ3) is 4.38. The van der Waals surface area contributed by atoms with Crippen molar-refractivity contribution in [2.75, 3.05) is 20.8 Å². The van der Waals surface area contributed by atoms with Crippen LogP contribution >= 0.6 is 0 Å². The number of amides is 1. The second-order valence-corrected chi connectivity index (χ2v) is 3.73. The molecule has 0 saturated heterocycles. The first kappa shape index (κ1) is 14.6. The van der Waals surface area contributed by atoms with E-state index in [0.717, 1.165) is 5.56 Å². The van der Waals surface area contributed by atoms with Crippen molar-refractivity contribution in [2.24, 2.45) is 10.9 Å². The molecular formula is C12H17N3O4. The first-order valence-electron chi connectivity index (χ1n) is 5.54. The van der Waals surface area contributed by atoms with Gasteiger partial charge in [-0.15, -0.1) is 0 Å². The van der Waals surface area contributed by atoms with Crippen molar-refractivity contribution in [2.45, 2.75) is 6.42 Å². The Morgan fingerprint density at radius 3 is 2.63 bits per heavy atom. The van der Waals surface area contributed by atoms with Crippen molar-refractivity contribution in [3.05, 3.63) is 23.8 Å². The molecule has 1 rings (SSSR count). The van der Waals surface area contributed by atoms with Gasteiger partial charge in [0.25, 0.3) is 0 Å². The predicted molar refractivity (Wildman–Crippen MR) is 69.7 cm³/mol. The molecule has 7 heteroatoms. The van der Waals surface area contributed by atoms with E-state index in [4.69, 9.17) is 20.4 Å². The Morgan fingerprint density at radius 2 is 2.05 bits per heavy atom. The van der Waals surface area contributed by atoms with Crippen molar-refractivity contribution >= 4 is 11.7 Å². The van der Waals surface area contributed by atoms with Crippen LogP contribution in [0.15, 0.2) is 23.4 Å². The molecule has 1 aromatic carbocycles. The summed E-state index contributed by atoms with van der Waals surface area (Å²) in [6.45, 7) is 0.00260. The first-order chi connectivity index (χ1) is 9.10. The average Bonchev–Trinajstić information content (AvgIpc) is 2.44. The third-order valence-electron chi connectivity index (χ3n) is 2.41. The number of nitrogens with two attached hydrogens (primary N) is 1. The van der Waals surface area contributed by atoms with Crippen LogP contribution in [0, 0.1) is 0 Å². The Hall–Kier alpha value is -2.44. The third-order valence-corrected chi connectivity index (χ3v) is 2.41. The van der Waals surface area contributed by atoms with Crippen molar-refractivity contribution in [1.82, 2.24) is 5.32 Å². The lowest BCUT2D eigenvalue weighted by molar-refractivity contribution is -0.120. The molecule has 0 atom stereocenters. The molecule has 0 spiro atoms. The topological polar surface area (TPSA) is 106 Å². The fourth-order valence-electron chi connectivity index (χ4n) is 1.46. The molecule has 4 N–H and O–H groups in total. The van der Waals surface area contributed by atoms with Gasteiger partial charge in [-0.25, -0.2) is 0 Å². The predicted octanol–water partition coefficient (Wildman–Crippen LogP) is 0.109. The molecule has 19 heavy (non-hydrogen) atoms. The number of nitrogens with one attached hydrogen (secondary N) is 1. The monoisotopic (exact) mass is 267 g/mol. The standard InChI is InChI=1S/C12H17N3O4/c1-18-9-4-3-8(5-10(9)19-2)6-12(16)14-7-11(13)15-17/h3-5,17H,6-7H2,1-2H3,(H2,13,15)(H,14,16). The Kier molecular flexibility index (Phi) is 5.46. The highest BCUT2D eigenvalue weighted by atomic mass is 16.5. The number of benzene rings is 1. The van der Waals surface area contributed by atoms with E-state index in [2.05, 4.69) is 10.5 Å². The summed E-state index contributed by atoms with van der Waals surface area (Å²) in [5.41, 5.74) is 6.02. The van der Waals surface area contributed by atoms with E-state index >= 15 is 0 Å². The molecule has 0 unspecified atom stereocenters. The number of oxime groups is 1. The van der Waals surface area contributed by atoms with Gasteiger partial charge in [-0.1, -0.05) is 11.2 Å². The largest absolute Gasteiger partial charge is 0.493 e. The summed E-state index contributed by atoms with van der Waals surface area (Å²) in [6.07, 6.45) is 0.166. The van der Waals surface area contributed by atoms with Gasteiger partial charge in [-0.05, 0) is 17.7 Å². The normalized spacial score (nSPS) is 10.9. The number of amidine groups is 1. The highest BCUT2D eigenvalue weighted by Gasteiger charge is 2.08. The first-order valence-corrected chi connectivity index (χ1v) is 5.54. The highest BCUT2D eigenvalue weighted by Crippen LogP contribution is 2.27. The number of carbonyl (C=O) groups is 1. The van der Waals surface area contributed by atoms with Crippen molar-refractivity contribution in [3.63, 3.8) is 0 Å². The number of nitrogens with zero attached hydrogens (tertiary/aromatic N) is 1. The Labute approximate surface area is 111 Å². The molecule has 0 bridgehead atoms. The van der Waals surface area contributed by atoms with E-state index in [1.165, 1.54) is 7.11 Å². The van der Waals surface area contributed by atoms with Crippen molar-refractivity contribution in [1.29, 1.82) is 0 Å². The summed E-state index contributed by atoms with van der Waals surface area (Å²) in [7, 11) is 3.07. The van der Waals surface area contributed by atoms with Gasteiger partial charge in [-0.2, -0.15) is 0 Å². The minimum absolute atomic E-state index is 0.00260.